The van der Waals surface area contributed by atoms with Crippen LogP contribution in [0.15, 0.2) is 60.7 Å². The van der Waals surface area contributed by atoms with Crippen LogP contribution in [0.1, 0.15) is 11.1 Å². The molecule has 2 nitrogen and oxygen atoms in total. The fourth-order valence-electron chi connectivity index (χ4n) is 2.16. The van der Waals surface area contributed by atoms with Crippen LogP contribution in [0.2, 0.25) is 13.1 Å². The molecule has 0 spiro atoms. The Balaban J connectivity index is 2.11. The zero-order valence-electron chi connectivity index (χ0n) is 11.1. The van der Waals surface area contributed by atoms with Gasteiger partial charge in [-0.2, -0.15) is 0 Å². The third kappa shape index (κ3) is 2.42. The Kier molecular flexibility index (Phi) is 2.91. The molecule has 0 atom stereocenters. The first-order valence-electron chi connectivity index (χ1n) is 6.39. The molecule has 3 heteroatoms. The summed E-state index contributed by atoms with van der Waals surface area (Å²) in [5.74, 6) is 1.73. The van der Waals surface area contributed by atoms with Gasteiger partial charge in [0.25, 0.3) is 0 Å². The van der Waals surface area contributed by atoms with Crippen molar-refractivity contribution in [1.82, 2.24) is 0 Å². The van der Waals surface area contributed by atoms with Crippen LogP contribution in [-0.4, -0.2) is 8.56 Å². The number of hydrogen-bond acceptors (Lipinski definition) is 2. The first kappa shape index (κ1) is 12.1. The highest BCUT2D eigenvalue weighted by Gasteiger charge is 2.39. The molecule has 0 N–H and O–H groups in total. The molecule has 0 radical (unpaired) electrons. The van der Waals surface area contributed by atoms with Crippen molar-refractivity contribution >= 4 is 20.1 Å². The summed E-state index contributed by atoms with van der Waals surface area (Å²) in [5.41, 5.74) is 2.14. The average molecular weight is 268 g/mol. The molecule has 1 aliphatic rings. The van der Waals surface area contributed by atoms with E-state index in [0.29, 0.717) is 0 Å². The van der Waals surface area contributed by atoms with E-state index in [0.717, 1.165) is 22.6 Å². The van der Waals surface area contributed by atoms with E-state index >= 15 is 0 Å². The van der Waals surface area contributed by atoms with E-state index in [9.17, 15) is 0 Å². The normalized spacial score (nSPS) is 16.9. The van der Waals surface area contributed by atoms with Crippen LogP contribution in [0.5, 0.6) is 0 Å². The molecule has 0 saturated heterocycles. The first-order chi connectivity index (χ1) is 9.16. The largest absolute Gasteiger partial charge is 0.509 e. The summed E-state index contributed by atoms with van der Waals surface area (Å²) in [6, 6.07) is 20.3. The van der Waals surface area contributed by atoms with Gasteiger partial charge < -0.3 is 8.85 Å². The molecule has 0 fully saturated rings. The highest BCUT2D eigenvalue weighted by Crippen LogP contribution is 2.39. The van der Waals surface area contributed by atoms with Crippen LogP contribution in [0.25, 0.3) is 11.5 Å². The van der Waals surface area contributed by atoms with Crippen LogP contribution in [0.3, 0.4) is 0 Å². The molecule has 0 aliphatic carbocycles. The third-order valence-corrected chi connectivity index (χ3v) is 4.37. The number of hydrogen-bond donors (Lipinski definition) is 0. The Bertz CT molecular complexity index is 550. The zero-order valence-corrected chi connectivity index (χ0v) is 12.1. The Morgan fingerprint density at radius 2 is 1.00 bits per heavy atom. The lowest BCUT2D eigenvalue weighted by molar-refractivity contribution is 0.403. The standard InChI is InChI=1S/C16H16O2Si/c1-19(2)17-15(13-9-5-3-6-10-13)16(18-19)14-11-7-4-8-12-14/h3-12H,1-2H3. The summed E-state index contributed by atoms with van der Waals surface area (Å²) in [6.45, 7) is 4.12. The lowest BCUT2D eigenvalue weighted by atomic mass is 10.1. The van der Waals surface area contributed by atoms with Crippen LogP contribution < -0.4 is 0 Å². The highest BCUT2D eigenvalue weighted by atomic mass is 28.4. The number of benzene rings is 2. The van der Waals surface area contributed by atoms with Gasteiger partial charge in [-0.05, 0) is 0 Å². The van der Waals surface area contributed by atoms with Crippen molar-refractivity contribution < 1.29 is 8.85 Å². The van der Waals surface area contributed by atoms with Crippen molar-refractivity contribution in [2.45, 2.75) is 13.1 Å². The van der Waals surface area contributed by atoms with E-state index < -0.39 is 8.56 Å². The van der Waals surface area contributed by atoms with Gasteiger partial charge in [0.15, 0.2) is 11.5 Å². The van der Waals surface area contributed by atoms with Crippen molar-refractivity contribution in [3.05, 3.63) is 71.8 Å². The molecule has 2 aromatic rings. The molecule has 0 unspecified atom stereocenters. The summed E-state index contributed by atoms with van der Waals surface area (Å²) >= 11 is 0. The van der Waals surface area contributed by atoms with Crippen LogP contribution in [0.4, 0.5) is 0 Å². The van der Waals surface area contributed by atoms with E-state index in [4.69, 9.17) is 8.85 Å². The minimum absolute atomic E-state index is 0.864. The van der Waals surface area contributed by atoms with E-state index in [1.54, 1.807) is 0 Å². The van der Waals surface area contributed by atoms with Crippen molar-refractivity contribution in [2.24, 2.45) is 0 Å². The van der Waals surface area contributed by atoms with Gasteiger partial charge in [0.1, 0.15) is 0 Å². The van der Waals surface area contributed by atoms with Crippen LogP contribution >= 0.6 is 0 Å². The molecular formula is C16H16O2Si. The number of rotatable bonds is 2. The molecule has 19 heavy (non-hydrogen) atoms. The van der Waals surface area contributed by atoms with Gasteiger partial charge in [-0.25, -0.2) is 0 Å². The van der Waals surface area contributed by atoms with Crippen molar-refractivity contribution in [2.75, 3.05) is 0 Å². The van der Waals surface area contributed by atoms with E-state index in [1.165, 1.54) is 0 Å². The van der Waals surface area contributed by atoms with Crippen molar-refractivity contribution in [3.8, 4) is 0 Å². The van der Waals surface area contributed by atoms with Gasteiger partial charge >= 0.3 is 8.56 Å². The molecule has 0 bridgehead atoms. The smallest absolute Gasteiger partial charge is 0.454 e. The lowest BCUT2D eigenvalue weighted by Gasteiger charge is -2.15. The maximum Gasteiger partial charge on any atom is 0.454 e. The molecule has 0 aromatic heterocycles. The summed E-state index contributed by atoms with van der Waals surface area (Å²) in [5, 5.41) is 0. The van der Waals surface area contributed by atoms with Crippen molar-refractivity contribution in [3.63, 3.8) is 0 Å². The van der Waals surface area contributed by atoms with Gasteiger partial charge in [0.2, 0.25) is 0 Å². The van der Waals surface area contributed by atoms with Gasteiger partial charge in [0, 0.05) is 24.2 Å². The molecule has 96 valence electrons. The van der Waals surface area contributed by atoms with Gasteiger partial charge in [-0.1, -0.05) is 60.7 Å². The van der Waals surface area contributed by atoms with E-state index in [2.05, 4.69) is 37.4 Å². The van der Waals surface area contributed by atoms with E-state index in [1.807, 2.05) is 36.4 Å². The molecular weight excluding hydrogens is 252 g/mol. The Hall–Kier alpha value is -2.00. The minimum atomic E-state index is -2.11. The quantitative estimate of drug-likeness (QED) is 0.758. The summed E-state index contributed by atoms with van der Waals surface area (Å²) in [7, 11) is -2.11. The summed E-state index contributed by atoms with van der Waals surface area (Å²) in [6.07, 6.45) is 0. The summed E-state index contributed by atoms with van der Waals surface area (Å²) < 4.78 is 12.2. The molecule has 3 rings (SSSR count). The maximum absolute atomic E-state index is 6.10. The molecule has 0 saturated carbocycles. The summed E-state index contributed by atoms with van der Waals surface area (Å²) in [4.78, 5) is 0. The Morgan fingerprint density at radius 1 is 0.632 bits per heavy atom. The highest BCUT2D eigenvalue weighted by molar-refractivity contribution is 6.67. The predicted molar refractivity (Wildman–Crippen MR) is 79.4 cm³/mol. The second-order valence-corrected chi connectivity index (χ2v) is 8.20. The van der Waals surface area contributed by atoms with Gasteiger partial charge in [0.05, 0.1) is 0 Å². The van der Waals surface area contributed by atoms with Crippen LogP contribution in [0, 0.1) is 0 Å². The van der Waals surface area contributed by atoms with Crippen molar-refractivity contribution in [1.29, 1.82) is 0 Å². The zero-order chi connectivity index (χ0) is 13.3. The van der Waals surface area contributed by atoms with E-state index in [-0.39, 0.29) is 0 Å². The second kappa shape index (κ2) is 4.59. The predicted octanol–water partition coefficient (Wildman–Crippen LogP) is 4.26. The second-order valence-electron chi connectivity index (χ2n) is 4.99. The average Bonchev–Trinajstić information content (AvgIpc) is 2.77. The fourth-order valence-corrected chi connectivity index (χ4v) is 3.61. The van der Waals surface area contributed by atoms with Crippen LogP contribution in [-0.2, 0) is 8.85 Å². The monoisotopic (exact) mass is 268 g/mol. The Labute approximate surface area is 114 Å². The van der Waals surface area contributed by atoms with Gasteiger partial charge in [-0.3, -0.25) is 0 Å². The maximum atomic E-state index is 6.10. The lowest BCUT2D eigenvalue weighted by Crippen LogP contribution is -2.27. The molecule has 1 heterocycles. The molecule has 1 aliphatic heterocycles. The SMILES string of the molecule is C[Si]1(C)OC(c2ccccc2)=C(c2ccccc2)O1. The fraction of sp³-hybridized carbons (Fsp3) is 0.125. The third-order valence-electron chi connectivity index (χ3n) is 2.97. The topological polar surface area (TPSA) is 18.5 Å². The Morgan fingerprint density at radius 3 is 1.37 bits per heavy atom. The first-order valence-corrected chi connectivity index (χ1v) is 9.20. The minimum Gasteiger partial charge on any atom is -0.509 e. The molecule has 2 aromatic carbocycles. The van der Waals surface area contributed by atoms with Gasteiger partial charge in [-0.15, -0.1) is 0 Å². The molecule has 0 amide bonds.